The Kier molecular flexibility index (Phi) is 17.5. The number of halogens is 4. The SMILES string of the molecule is COc1cc(NC(=O)C(N=Nc2cc(C(=O)Nc3ccc(C(C)Cl)cc3)ccc2Cl)C(C)=O)c(OC)cc1NC(=O)C(N=Nc1cc(C(=O)Nc2ccc(C(C)Cl)cc2)ccc1Cl)C(C)=O. The second kappa shape index (κ2) is 22.9. The van der Waals surface area contributed by atoms with E-state index in [9.17, 15) is 28.8 Å². The van der Waals surface area contributed by atoms with Gasteiger partial charge in [0.2, 0.25) is 12.1 Å². The standard InChI is InChI=1S/C46H42Cl4N8O8/c1-23(47)27-7-13-31(14-8-27)51-43(61)29-11-17-33(49)35(19-29)55-57-41(25(3)59)45(63)53-37-21-40(66-6)38(22-39(37)65-5)54-46(64)42(26(4)60)58-56-36-20-30(12-18-34(36)50)44(62)52-32-15-9-28(10-16-32)24(2)48/h7-24,41-42H,1-6H3,(H,51,61)(H,52,62)(H,53,63)(H,54,64). The molecule has 0 saturated carbocycles. The highest BCUT2D eigenvalue weighted by Crippen LogP contribution is 2.37. The van der Waals surface area contributed by atoms with Crippen LogP contribution in [-0.4, -0.2) is 61.5 Å². The lowest BCUT2D eigenvalue weighted by Gasteiger charge is -2.18. The highest BCUT2D eigenvalue weighted by Gasteiger charge is 2.28. The molecule has 0 aromatic heterocycles. The van der Waals surface area contributed by atoms with Gasteiger partial charge in [-0.15, -0.1) is 23.2 Å². The van der Waals surface area contributed by atoms with Gasteiger partial charge >= 0.3 is 0 Å². The van der Waals surface area contributed by atoms with Gasteiger partial charge in [0.05, 0.1) is 46.4 Å². The number of Topliss-reactive ketones (excluding diaryl/α,β-unsaturated/α-hetero) is 2. The van der Waals surface area contributed by atoms with Gasteiger partial charge in [-0.2, -0.15) is 20.5 Å². The number of alkyl halides is 2. The van der Waals surface area contributed by atoms with Gasteiger partial charge in [0, 0.05) is 34.6 Å². The first-order chi connectivity index (χ1) is 31.4. The number of hydrogen-bond donors (Lipinski definition) is 4. The summed E-state index contributed by atoms with van der Waals surface area (Å²) < 4.78 is 10.9. The van der Waals surface area contributed by atoms with E-state index in [-0.39, 0.29) is 66.2 Å². The second-order valence-electron chi connectivity index (χ2n) is 14.4. The number of carbonyl (C=O) groups excluding carboxylic acids is 6. The van der Waals surface area contributed by atoms with Crippen LogP contribution in [0.4, 0.5) is 34.1 Å². The molecule has 0 radical (unpaired) electrons. The Labute approximate surface area is 399 Å². The quantitative estimate of drug-likeness (QED) is 0.0375. The number of methoxy groups -OCH3 is 2. The molecule has 0 bridgehead atoms. The summed E-state index contributed by atoms with van der Waals surface area (Å²) in [7, 11) is 2.57. The van der Waals surface area contributed by atoms with E-state index in [4.69, 9.17) is 55.9 Å². The molecule has 0 aliphatic heterocycles. The highest BCUT2D eigenvalue weighted by molar-refractivity contribution is 6.33. The molecule has 0 saturated heterocycles. The van der Waals surface area contributed by atoms with Gasteiger partial charge in [0.1, 0.15) is 22.9 Å². The zero-order chi connectivity index (χ0) is 48.2. The van der Waals surface area contributed by atoms with E-state index in [0.717, 1.165) is 25.0 Å². The first-order valence-electron chi connectivity index (χ1n) is 19.8. The minimum absolute atomic E-state index is 0.000295. The van der Waals surface area contributed by atoms with E-state index in [1.165, 1.54) is 62.8 Å². The smallest absolute Gasteiger partial charge is 0.258 e. The van der Waals surface area contributed by atoms with Crippen LogP contribution in [0.5, 0.6) is 11.5 Å². The van der Waals surface area contributed by atoms with Crippen LogP contribution < -0.4 is 30.7 Å². The molecule has 4 N–H and O–H groups in total. The average Bonchev–Trinajstić information content (AvgIpc) is 3.27. The first-order valence-corrected chi connectivity index (χ1v) is 21.4. The molecular formula is C46H42Cl4N8O8. The molecule has 4 unspecified atom stereocenters. The summed E-state index contributed by atoms with van der Waals surface area (Å²) in [6.07, 6.45) is 0. The molecule has 5 aromatic rings. The Balaban J connectivity index is 1.29. The van der Waals surface area contributed by atoms with Crippen molar-refractivity contribution in [2.45, 2.75) is 50.5 Å². The lowest BCUT2D eigenvalue weighted by molar-refractivity contribution is -0.127. The summed E-state index contributed by atoms with van der Waals surface area (Å²) in [5.41, 5.74) is 3.18. The van der Waals surface area contributed by atoms with Crippen LogP contribution in [-0.2, 0) is 19.2 Å². The van der Waals surface area contributed by atoms with Crippen molar-refractivity contribution < 1.29 is 38.2 Å². The van der Waals surface area contributed by atoms with Gasteiger partial charge in [-0.3, -0.25) is 28.8 Å². The van der Waals surface area contributed by atoms with Crippen LogP contribution in [0.1, 0.15) is 70.3 Å². The number of amides is 4. The Bertz CT molecular complexity index is 2530. The Hall–Kier alpha value is -6.72. The summed E-state index contributed by atoms with van der Waals surface area (Å²) >= 11 is 24.9. The number of hydrogen-bond acceptors (Lipinski definition) is 12. The van der Waals surface area contributed by atoms with E-state index in [2.05, 4.69) is 41.7 Å². The Morgan fingerprint density at radius 2 is 0.864 bits per heavy atom. The van der Waals surface area contributed by atoms with Crippen LogP contribution in [0.2, 0.25) is 10.0 Å². The molecule has 342 valence electrons. The summed E-state index contributed by atoms with van der Waals surface area (Å²) in [6, 6.07) is 21.7. The molecule has 0 aliphatic rings. The minimum Gasteiger partial charge on any atom is -0.494 e. The molecule has 0 heterocycles. The molecule has 16 nitrogen and oxygen atoms in total. The predicted molar refractivity (Wildman–Crippen MR) is 255 cm³/mol. The van der Waals surface area contributed by atoms with Gasteiger partial charge in [0.15, 0.2) is 11.6 Å². The molecule has 20 heteroatoms. The van der Waals surface area contributed by atoms with E-state index < -0.39 is 47.3 Å². The van der Waals surface area contributed by atoms with E-state index in [1.807, 2.05) is 13.8 Å². The third kappa shape index (κ3) is 13.2. The number of ether oxygens (including phenoxy) is 2. The van der Waals surface area contributed by atoms with Crippen LogP contribution in [0.25, 0.3) is 0 Å². The maximum Gasteiger partial charge on any atom is 0.258 e. The Morgan fingerprint density at radius 1 is 0.515 bits per heavy atom. The van der Waals surface area contributed by atoms with Crippen molar-refractivity contribution in [3.8, 4) is 11.5 Å². The summed E-state index contributed by atoms with van der Waals surface area (Å²) in [5, 5.41) is 26.4. The lowest BCUT2D eigenvalue weighted by atomic mass is 10.1. The molecule has 5 rings (SSSR count). The van der Waals surface area contributed by atoms with Crippen molar-refractivity contribution in [2.75, 3.05) is 35.5 Å². The fourth-order valence-electron chi connectivity index (χ4n) is 5.90. The van der Waals surface area contributed by atoms with Crippen LogP contribution in [0.3, 0.4) is 0 Å². The molecular weight excluding hydrogens is 934 g/mol. The largest absolute Gasteiger partial charge is 0.494 e. The molecule has 4 atom stereocenters. The van der Waals surface area contributed by atoms with Gasteiger partial charge in [-0.1, -0.05) is 47.5 Å². The summed E-state index contributed by atoms with van der Waals surface area (Å²) in [6.45, 7) is 5.93. The van der Waals surface area contributed by atoms with E-state index >= 15 is 0 Å². The summed E-state index contributed by atoms with van der Waals surface area (Å²) in [5.74, 6) is -4.17. The number of rotatable bonds is 18. The van der Waals surface area contributed by atoms with Crippen LogP contribution in [0.15, 0.2) is 118 Å². The predicted octanol–water partition coefficient (Wildman–Crippen LogP) is 11.5. The minimum atomic E-state index is -1.68. The van der Waals surface area contributed by atoms with Crippen molar-refractivity contribution >= 4 is 116 Å². The highest BCUT2D eigenvalue weighted by atomic mass is 35.5. The fourth-order valence-corrected chi connectivity index (χ4v) is 6.50. The number of azo groups is 2. The topological polar surface area (TPSA) is 218 Å². The zero-order valence-corrected chi connectivity index (χ0v) is 39.1. The number of ketones is 2. The van der Waals surface area contributed by atoms with Crippen LogP contribution >= 0.6 is 46.4 Å². The first kappa shape index (κ1) is 50.3. The third-order valence-electron chi connectivity index (χ3n) is 9.54. The normalized spacial score (nSPS) is 13.0. The van der Waals surface area contributed by atoms with E-state index in [0.29, 0.717) is 11.4 Å². The monoisotopic (exact) mass is 974 g/mol. The van der Waals surface area contributed by atoms with Gasteiger partial charge < -0.3 is 30.7 Å². The third-order valence-corrected chi connectivity index (χ3v) is 10.7. The molecule has 66 heavy (non-hydrogen) atoms. The number of nitrogens with one attached hydrogen (secondary N) is 4. The number of benzene rings is 5. The second-order valence-corrected chi connectivity index (χ2v) is 16.5. The maximum absolute atomic E-state index is 13.5. The zero-order valence-electron chi connectivity index (χ0n) is 36.1. The van der Waals surface area contributed by atoms with E-state index in [1.54, 1.807) is 48.5 Å². The number of anilines is 4. The maximum atomic E-state index is 13.5. The van der Waals surface area contributed by atoms with Gasteiger partial charge in [-0.05, 0) is 99.5 Å². The van der Waals surface area contributed by atoms with Crippen molar-refractivity contribution in [1.29, 1.82) is 0 Å². The van der Waals surface area contributed by atoms with Crippen LogP contribution in [0, 0.1) is 0 Å². The molecule has 4 amide bonds. The molecule has 5 aromatic carbocycles. The molecule has 0 spiro atoms. The van der Waals surface area contributed by atoms with Gasteiger partial charge in [0.25, 0.3) is 23.6 Å². The fraction of sp³-hybridized carbons (Fsp3) is 0.217. The van der Waals surface area contributed by atoms with Crippen molar-refractivity contribution in [1.82, 2.24) is 0 Å². The number of nitrogens with zero attached hydrogens (tertiary/aromatic N) is 4. The van der Waals surface area contributed by atoms with Crippen molar-refractivity contribution in [2.24, 2.45) is 20.5 Å². The van der Waals surface area contributed by atoms with Crippen molar-refractivity contribution in [3.63, 3.8) is 0 Å². The number of carbonyl (C=O) groups is 6. The lowest BCUT2D eigenvalue weighted by Crippen LogP contribution is -2.32. The molecule has 0 fully saturated rings. The Morgan fingerprint density at radius 3 is 1.17 bits per heavy atom. The molecule has 0 aliphatic carbocycles. The average molecular weight is 977 g/mol. The van der Waals surface area contributed by atoms with Gasteiger partial charge in [-0.25, -0.2) is 0 Å². The summed E-state index contributed by atoms with van der Waals surface area (Å²) in [4.78, 5) is 78.6. The van der Waals surface area contributed by atoms with Crippen molar-refractivity contribution in [3.05, 3.63) is 129 Å².